The van der Waals surface area contributed by atoms with Crippen molar-refractivity contribution < 1.29 is 28.6 Å². The number of halogens is 1. The summed E-state index contributed by atoms with van der Waals surface area (Å²) in [4.78, 5) is 27.6. The molecule has 0 spiro atoms. The van der Waals surface area contributed by atoms with E-state index in [0.717, 1.165) is 25.0 Å². The van der Waals surface area contributed by atoms with Crippen molar-refractivity contribution in [2.24, 2.45) is 5.90 Å². The fraction of sp³-hybridized carbons (Fsp3) is 0.889. The fourth-order valence-electron chi connectivity index (χ4n) is 3.27. The molecule has 0 radical (unpaired) electrons. The Morgan fingerprint density at radius 2 is 1.70 bits per heavy atom. The zero-order valence-corrected chi connectivity index (χ0v) is 18.9. The summed E-state index contributed by atoms with van der Waals surface area (Å²) < 4.78 is 16.0. The number of rotatable bonds is 17. The summed E-state index contributed by atoms with van der Waals surface area (Å²) >= 11 is 1.90. The normalized spacial score (nSPS) is 22.2. The highest BCUT2D eigenvalue weighted by Gasteiger charge is 2.42. The van der Waals surface area contributed by atoms with Crippen molar-refractivity contribution in [3.63, 3.8) is 0 Å². The average Bonchev–Trinajstić information content (AvgIpc) is 3.25. The van der Waals surface area contributed by atoms with Crippen LogP contribution in [0, 0.1) is 0 Å². The minimum absolute atomic E-state index is 0. The van der Waals surface area contributed by atoms with Gasteiger partial charge >= 0.3 is 6.03 Å². The number of thioether (sulfide) groups is 1. The molecule has 3 amide bonds. The predicted octanol–water partition coefficient (Wildman–Crippen LogP) is 0.190. The molecule has 30 heavy (non-hydrogen) atoms. The number of hydrogen-bond acceptors (Lipinski definition) is 8. The first-order valence-electron chi connectivity index (χ1n) is 10.2. The van der Waals surface area contributed by atoms with Crippen LogP contribution < -0.4 is 21.8 Å². The van der Waals surface area contributed by atoms with Crippen molar-refractivity contribution in [3.8, 4) is 0 Å². The van der Waals surface area contributed by atoms with E-state index in [-0.39, 0.29) is 36.4 Å². The van der Waals surface area contributed by atoms with Gasteiger partial charge in [0.2, 0.25) is 5.91 Å². The average molecular weight is 471 g/mol. The van der Waals surface area contributed by atoms with Crippen molar-refractivity contribution in [2.45, 2.75) is 43.0 Å². The van der Waals surface area contributed by atoms with Crippen molar-refractivity contribution in [2.75, 3.05) is 58.5 Å². The molecule has 2 rings (SSSR count). The number of fused-ring (bicyclic) bond motifs is 1. The van der Waals surface area contributed by atoms with Gasteiger partial charge in [-0.25, -0.2) is 10.7 Å². The third kappa shape index (κ3) is 11.0. The summed E-state index contributed by atoms with van der Waals surface area (Å²) in [5.41, 5.74) is 0. The summed E-state index contributed by atoms with van der Waals surface area (Å²) in [5, 5.41) is 9.25. The topological polar surface area (TPSA) is 133 Å². The molecule has 176 valence electrons. The molecule has 0 bridgehead atoms. The largest absolute Gasteiger partial charge is 0.377 e. The van der Waals surface area contributed by atoms with Gasteiger partial charge in [0.05, 0.1) is 58.3 Å². The van der Waals surface area contributed by atoms with E-state index in [0.29, 0.717) is 64.5 Å². The first-order chi connectivity index (χ1) is 14.2. The molecule has 5 N–H and O–H groups in total. The van der Waals surface area contributed by atoms with Crippen LogP contribution >= 0.6 is 24.2 Å². The molecule has 0 aromatic carbocycles. The first-order valence-corrected chi connectivity index (χ1v) is 11.3. The Balaban J connectivity index is 0.00000450. The molecule has 3 atom stereocenters. The zero-order chi connectivity index (χ0) is 20.7. The van der Waals surface area contributed by atoms with Gasteiger partial charge < -0.3 is 35.0 Å². The lowest BCUT2D eigenvalue weighted by molar-refractivity contribution is -0.121. The minimum atomic E-state index is -0.0543. The van der Waals surface area contributed by atoms with E-state index in [1.807, 2.05) is 11.8 Å². The quantitative estimate of drug-likeness (QED) is 0.134. The van der Waals surface area contributed by atoms with Gasteiger partial charge in [-0.2, -0.15) is 11.8 Å². The molecule has 2 heterocycles. The number of nitrogens with one attached hydrogen (secondary N) is 3. The lowest BCUT2D eigenvalue weighted by atomic mass is 10.0. The number of amides is 3. The lowest BCUT2D eigenvalue weighted by Crippen LogP contribution is -2.36. The van der Waals surface area contributed by atoms with E-state index in [4.69, 9.17) is 20.1 Å². The van der Waals surface area contributed by atoms with Crippen LogP contribution in [-0.2, 0) is 23.8 Å². The van der Waals surface area contributed by atoms with Crippen LogP contribution in [0.1, 0.15) is 25.7 Å². The second-order valence-electron chi connectivity index (χ2n) is 6.93. The van der Waals surface area contributed by atoms with Gasteiger partial charge in [-0.05, 0) is 12.8 Å². The molecule has 3 unspecified atom stereocenters. The SMILES string of the molecule is Cl.NOCCOCCOCCOCCNC(=O)CCCCC1SCC2NC(=O)NC21. The van der Waals surface area contributed by atoms with Crippen molar-refractivity contribution in [3.05, 3.63) is 0 Å². The molecular weight excluding hydrogens is 436 g/mol. The number of ether oxygens (including phenoxy) is 3. The maximum absolute atomic E-state index is 11.9. The minimum Gasteiger partial charge on any atom is -0.377 e. The molecular formula is C18H35ClN4O6S. The molecule has 0 saturated carbocycles. The summed E-state index contributed by atoms with van der Waals surface area (Å²) in [6, 6.07) is 0.443. The summed E-state index contributed by atoms with van der Waals surface area (Å²) in [6.07, 6.45) is 3.39. The molecule has 2 aliphatic heterocycles. The van der Waals surface area contributed by atoms with Crippen LogP contribution in [0.5, 0.6) is 0 Å². The van der Waals surface area contributed by atoms with Crippen LogP contribution in [0.25, 0.3) is 0 Å². The van der Waals surface area contributed by atoms with Crippen molar-refractivity contribution in [1.82, 2.24) is 16.0 Å². The molecule has 0 aromatic rings. The Hall–Kier alpha value is -0.820. The van der Waals surface area contributed by atoms with Crippen molar-refractivity contribution >= 4 is 36.1 Å². The number of unbranched alkanes of at least 4 members (excludes halogenated alkanes) is 1. The Labute approximate surface area is 188 Å². The smallest absolute Gasteiger partial charge is 0.315 e. The van der Waals surface area contributed by atoms with Gasteiger partial charge in [0.15, 0.2) is 0 Å². The van der Waals surface area contributed by atoms with Crippen LogP contribution in [-0.4, -0.2) is 87.8 Å². The van der Waals surface area contributed by atoms with Crippen LogP contribution in [0.4, 0.5) is 4.79 Å². The summed E-state index contributed by atoms with van der Waals surface area (Å²) in [6.45, 7) is 3.74. The van der Waals surface area contributed by atoms with Gasteiger partial charge in [0.1, 0.15) is 0 Å². The van der Waals surface area contributed by atoms with Gasteiger partial charge in [0.25, 0.3) is 0 Å². The molecule has 2 saturated heterocycles. The van der Waals surface area contributed by atoms with Gasteiger partial charge in [-0.15, -0.1) is 12.4 Å². The third-order valence-electron chi connectivity index (χ3n) is 4.74. The number of hydrogen-bond donors (Lipinski definition) is 4. The van der Waals surface area contributed by atoms with E-state index in [1.54, 1.807) is 0 Å². The van der Waals surface area contributed by atoms with E-state index < -0.39 is 0 Å². The van der Waals surface area contributed by atoms with Gasteiger partial charge in [-0.3, -0.25) is 4.79 Å². The number of carbonyl (C=O) groups excluding carboxylic acids is 2. The van der Waals surface area contributed by atoms with Crippen LogP contribution in [0.3, 0.4) is 0 Å². The molecule has 0 aliphatic carbocycles. The van der Waals surface area contributed by atoms with E-state index in [9.17, 15) is 9.59 Å². The third-order valence-corrected chi connectivity index (χ3v) is 6.25. The Kier molecular flexibility index (Phi) is 15.3. The highest BCUT2D eigenvalue weighted by molar-refractivity contribution is 8.00. The van der Waals surface area contributed by atoms with Crippen molar-refractivity contribution in [1.29, 1.82) is 0 Å². The molecule has 10 nitrogen and oxygen atoms in total. The molecule has 12 heteroatoms. The Morgan fingerprint density at radius 3 is 2.40 bits per heavy atom. The highest BCUT2D eigenvalue weighted by Crippen LogP contribution is 2.33. The van der Waals surface area contributed by atoms with Crippen LogP contribution in [0.15, 0.2) is 0 Å². The second-order valence-corrected chi connectivity index (χ2v) is 8.20. The van der Waals surface area contributed by atoms with E-state index in [2.05, 4.69) is 20.8 Å². The first kappa shape index (κ1) is 27.2. The molecule has 0 aromatic heterocycles. The highest BCUT2D eigenvalue weighted by atomic mass is 35.5. The molecule has 2 fully saturated rings. The van der Waals surface area contributed by atoms with Gasteiger partial charge in [-0.1, -0.05) is 6.42 Å². The molecule has 2 aliphatic rings. The van der Waals surface area contributed by atoms with Gasteiger partial charge in [0, 0.05) is 24.0 Å². The fourth-order valence-corrected chi connectivity index (χ4v) is 4.82. The standard InChI is InChI=1S/C18H34N4O6S.ClH/c19-28-12-11-27-10-9-26-8-7-25-6-5-20-16(23)4-2-1-3-15-17-14(13-29-15)21-18(24)22-17;/h14-15,17H,1-13,19H2,(H,20,23)(H2,21,22,24);1H. The summed E-state index contributed by atoms with van der Waals surface area (Å²) in [5.74, 6) is 5.89. The number of nitrogens with two attached hydrogens (primary N) is 1. The monoisotopic (exact) mass is 470 g/mol. The maximum atomic E-state index is 11.9. The summed E-state index contributed by atoms with van der Waals surface area (Å²) in [7, 11) is 0. The Bertz CT molecular complexity index is 494. The maximum Gasteiger partial charge on any atom is 0.315 e. The van der Waals surface area contributed by atoms with E-state index in [1.165, 1.54) is 0 Å². The predicted molar refractivity (Wildman–Crippen MR) is 117 cm³/mol. The van der Waals surface area contributed by atoms with Crippen LogP contribution in [0.2, 0.25) is 0 Å². The zero-order valence-electron chi connectivity index (χ0n) is 17.3. The number of urea groups is 1. The number of carbonyl (C=O) groups is 2. The lowest BCUT2D eigenvalue weighted by Gasteiger charge is -2.16. The van der Waals surface area contributed by atoms with E-state index >= 15 is 0 Å². The Morgan fingerprint density at radius 1 is 1.03 bits per heavy atom. The second kappa shape index (κ2) is 16.8.